The summed E-state index contributed by atoms with van der Waals surface area (Å²) >= 11 is 0. The second kappa shape index (κ2) is 8.96. The Balaban J connectivity index is 1.77. The smallest absolute Gasteiger partial charge is 0.359 e. The molecule has 0 unspecified atom stereocenters. The van der Waals surface area contributed by atoms with Gasteiger partial charge in [-0.15, -0.1) is 0 Å². The second-order valence-electron chi connectivity index (χ2n) is 6.41. The van der Waals surface area contributed by atoms with Crippen molar-refractivity contribution in [3.8, 4) is 0 Å². The summed E-state index contributed by atoms with van der Waals surface area (Å²) in [4.78, 5) is 15.2. The zero-order chi connectivity index (χ0) is 22.6. The largest absolute Gasteiger partial charge is 0.416 e. The zero-order valence-electron chi connectivity index (χ0n) is 15.7. The first kappa shape index (κ1) is 22.0. The third-order valence-corrected chi connectivity index (χ3v) is 4.31. The number of carbonyl (C=O) groups excluding carboxylic acids is 1. The minimum atomic E-state index is -4.47. The van der Waals surface area contributed by atoms with Crippen LogP contribution in [-0.4, -0.2) is 23.8 Å². The number of quaternary nitrogens is 1. The molecule has 1 heterocycles. The van der Waals surface area contributed by atoms with Crippen molar-refractivity contribution < 1.29 is 32.1 Å². The van der Waals surface area contributed by atoms with E-state index in [-0.39, 0.29) is 11.3 Å². The van der Waals surface area contributed by atoms with Gasteiger partial charge in [-0.05, 0) is 42.0 Å². The van der Waals surface area contributed by atoms with Gasteiger partial charge < -0.3 is 21.0 Å². The van der Waals surface area contributed by atoms with Gasteiger partial charge in [-0.1, -0.05) is 6.07 Å². The second-order valence-corrected chi connectivity index (χ2v) is 6.41. The van der Waals surface area contributed by atoms with Gasteiger partial charge in [-0.3, -0.25) is 5.32 Å². The van der Waals surface area contributed by atoms with Crippen molar-refractivity contribution in [3.63, 3.8) is 0 Å². The van der Waals surface area contributed by atoms with Crippen LogP contribution in [0.1, 0.15) is 11.1 Å². The summed E-state index contributed by atoms with van der Waals surface area (Å²) in [6.07, 6.45) is -0.883. The predicted molar refractivity (Wildman–Crippen MR) is 107 cm³/mol. The molecule has 0 radical (unpaired) electrons. The highest BCUT2D eigenvalue weighted by Gasteiger charge is 2.30. The quantitative estimate of drug-likeness (QED) is 0.217. The predicted octanol–water partition coefficient (Wildman–Crippen LogP) is 4.61. The van der Waals surface area contributed by atoms with Crippen LogP contribution in [0.25, 0.3) is 16.5 Å². The molecule has 0 aliphatic rings. The number of H-pyrrole nitrogens is 1. The lowest BCUT2D eigenvalue weighted by Crippen LogP contribution is -2.82. The van der Waals surface area contributed by atoms with Gasteiger partial charge >= 0.3 is 18.8 Å². The molecule has 0 aliphatic heterocycles. The summed E-state index contributed by atoms with van der Waals surface area (Å²) in [6, 6.07) is 8.23. The van der Waals surface area contributed by atoms with Crippen molar-refractivity contribution in [1.29, 1.82) is 5.41 Å². The van der Waals surface area contributed by atoms with Crippen LogP contribution in [0.4, 0.5) is 38.1 Å². The Morgan fingerprint density at radius 3 is 2.42 bits per heavy atom. The average Bonchev–Trinajstić information content (AvgIpc) is 3.10. The number of allylic oxidation sites excluding steroid dienone is 1. The van der Waals surface area contributed by atoms with E-state index < -0.39 is 24.3 Å². The van der Waals surface area contributed by atoms with Crippen molar-refractivity contribution >= 4 is 40.1 Å². The summed E-state index contributed by atoms with van der Waals surface area (Å²) in [5.41, 5.74) is 1.09. The molecule has 2 amide bonds. The van der Waals surface area contributed by atoms with E-state index in [9.17, 15) is 26.7 Å². The first-order valence-electron chi connectivity index (χ1n) is 8.88. The molecule has 0 bridgehead atoms. The Bertz CT molecular complexity index is 1120. The zero-order valence-corrected chi connectivity index (χ0v) is 15.7. The van der Waals surface area contributed by atoms with Crippen LogP contribution in [0.5, 0.6) is 0 Å². The number of hydrogen-bond donors (Lipinski definition) is 5. The number of halogens is 5. The number of anilines is 2. The topological polar surface area (TPSA) is 97.4 Å². The number of amides is 2. The van der Waals surface area contributed by atoms with E-state index in [1.165, 1.54) is 6.20 Å². The SMILES string of the molecule is N=C/C(=C\[NH2+]C(F)F)c1ccc2[nH]cc(NC(=O)Nc3ccc(C(F)(F)F)cc3)c2c1. The summed E-state index contributed by atoms with van der Waals surface area (Å²) in [5, 5.41) is 13.7. The van der Waals surface area contributed by atoms with Crippen LogP contribution >= 0.6 is 0 Å². The molecule has 3 rings (SSSR count). The Kier molecular flexibility index (Phi) is 6.35. The van der Waals surface area contributed by atoms with Crippen LogP contribution in [0.2, 0.25) is 0 Å². The van der Waals surface area contributed by atoms with E-state index in [0.29, 0.717) is 27.5 Å². The lowest BCUT2D eigenvalue weighted by Gasteiger charge is -2.10. The Morgan fingerprint density at radius 2 is 1.81 bits per heavy atom. The lowest BCUT2D eigenvalue weighted by molar-refractivity contribution is -0.680. The average molecular weight is 438 g/mol. The number of aromatic nitrogens is 1. The summed E-state index contributed by atoms with van der Waals surface area (Å²) < 4.78 is 62.7. The first-order valence-corrected chi connectivity index (χ1v) is 8.88. The van der Waals surface area contributed by atoms with Crippen LogP contribution in [-0.2, 0) is 6.18 Å². The third kappa shape index (κ3) is 5.45. The van der Waals surface area contributed by atoms with E-state index in [2.05, 4.69) is 15.6 Å². The van der Waals surface area contributed by atoms with Gasteiger partial charge in [0.2, 0.25) is 0 Å². The Morgan fingerprint density at radius 1 is 1.10 bits per heavy atom. The van der Waals surface area contributed by atoms with Crippen molar-refractivity contribution in [1.82, 2.24) is 4.98 Å². The van der Waals surface area contributed by atoms with Crippen LogP contribution in [0.15, 0.2) is 54.9 Å². The molecule has 11 heteroatoms. The maximum atomic E-state index is 12.6. The van der Waals surface area contributed by atoms with Crippen molar-refractivity contribution in [2.45, 2.75) is 12.7 Å². The van der Waals surface area contributed by atoms with Gasteiger partial charge in [0.05, 0.1) is 16.8 Å². The molecule has 0 saturated carbocycles. The van der Waals surface area contributed by atoms with Crippen LogP contribution in [0, 0.1) is 5.41 Å². The van der Waals surface area contributed by atoms with E-state index >= 15 is 0 Å². The summed E-state index contributed by atoms with van der Waals surface area (Å²) in [5.74, 6) is 0. The minimum absolute atomic E-state index is 0.169. The molecule has 0 fully saturated rings. The number of nitrogens with two attached hydrogens (primary N) is 1. The number of hydrogen-bond acceptors (Lipinski definition) is 2. The number of fused-ring (bicyclic) bond motifs is 1. The molecule has 6 nitrogen and oxygen atoms in total. The molecule has 31 heavy (non-hydrogen) atoms. The molecule has 3 aromatic rings. The maximum absolute atomic E-state index is 12.6. The van der Waals surface area contributed by atoms with E-state index in [1.807, 2.05) is 0 Å². The lowest BCUT2D eigenvalue weighted by atomic mass is 10.1. The van der Waals surface area contributed by atoms with E-state index in [1.54, 1.807) is 18.2 Å². The number of urea groups is 1. The van der Waals surface area contributed by atoms with Gasteiger partial charge in [0.15, 0.2) is 0 Å². The summed E-state index contributed by atoms with van der Waals surface area (Å²) in [7, 11) is 0. The molecule has 1 aromatic heterocycles. The minimum Gasteiger partial charge on any atom is -0.359 e. The fourth-order valence-corrected chi connectivity index (χ4v) is 2.83. The van der Waals surface area contributed by atoms with Crippen molar-refractivity contribution in [2.24, 2.45) is 0 Å². The Labute approximate surface area is 172 Å². The third-order valence-electron chi connectivity index (χ3n) is 4.31. The number of aromatic amines is 1. The molecule has 0 atom stereocenters. The van der Waals surface area contributed by atoms with Gasteiger partial charge in [-0.2, -0.15) is 22.0 Å². The number of rotatable bonds is 6. The molecule has 162 valence electrons. The normalized spacial score (nSPS) is 12.3. The van der Waals surface area contributed by atoms with E-state index in [4.69, 9.17) is 5.41 Å². The molecule has 2 aromatic carbocycles. The van der Waals surface area contributed by atoms with E-state index in [0.717, 1.165) is 36.7 Å². The standard InChI is InChI=1S/C20H16F5N5O/c21-18(22)28-9-12(8-26)11-1-6-16-15(7-11)17(10-27-16)30-19(31)29-14-4-2-13(3-5-14)20(23,24)25/h1-10,18,26-28H,(H2,29,30,31)/p+1/b12-9+,26-8?. The molecule has 0 aliphatic carbocycles. The highest BCUT2D eigenvalue weighted by Crippen LogP contribution is 2.30. The van der Waals surface area contributed by atoms with Crippen LogP contribution < -0.4 is 16.0 Å². The highest BCUT2D eigenvalue weighted by molar-refractivity contribution is 6.11. The highest BCUT2D eigenvalue weighted by atomic mass is 19.4. The van der Waals surface area contributed by atoms with Crippen molar-refractivity contribution in [2.75, 3.05) is 10.6 Å². The monoisotopic (exact) mass is 438 g/mol. The fraction of sp³-hybridized carbons (Fsp3) is 0.100. The maximum Gasteiger partial charge on any atom is 0.416 e. The van der Waals surface area contributed by atoms with Crippen molar-refractivity contribution in [3.05, 3.63) is 66.0 Å². The summed E-state index contributed by atoms with van der Waals surface area (Å²) in [6.45, 7) is -2.66. The molecular weight excluding hydrogens is 421 g/mol. The van der Waals surface area contributed by atoms with Crippen LogP contribution in [0.3, 0.4) is 0 Å². The van der Waals surface area contributed by atoms with Gasteiger partial charge in [-0.25, -0.2) is 4.79 Å². The first-order chi connectivity index (χ1) is 14.7. The molecule has 0 saturated heterocycles. The molecule has 0 spiro atoms. The number of nitrogens with one attached hydrogen (secondary N) is 4. The van der Waals surface area contributed by atoms with Gasteiger partial charge in [0, 0.05) is 29.0 Å². The fourth-order valence-electron chi connectivity index (χ4n) is 2.83. The van der Waals surface area contributed by atoms with Gasteiger partial charge in [0.25, 0.3) is 0 Å². The molecule has 6 N–H and O–H groups in total. The Hall–Kier alpha value is -3.73. The molecular formula is C20H17F5N5O+. The number of carbonyl (C=O) groups is 1. The van der Waals surface area contributed by atoms with Gasteiger partial charge in [0.1, 0.15) is 6.20 Å². The number of alkyl halides is 5. The number of benzene rings is 2.